The van der Waals surface area contributed by atoms with E-state index in [1.807, 2.05) is 0 Å². The molecule has 0 amide bonds. The van der Waals surface area contributed by atoms with Gasteiger partial charge in [-0.05, 0) is 62.2 Å². The monoisotopic (exact) mass is 388 g/mol. The Labute approximate surface area is 159 Å². The third-order valence-corrected chi connectivity index (χ3v) is 5.02. The van der Waals surface area contributed by atoms with Gasteiger partial charge in [-0.15, -0.1) is 0 Å². The summed E-state index contributed by atoms with van der Waals surface area (Å²) >= 11 is 0. The Morgan fingerprint density at radius 3 is 2.26 bits per heavy atom. The summed E-state index contributed by atoms with van der Waals surface area (Å²) in [4.78, 5) is 5.80. The number of aromatic amines is 1. The van der Waals surface area contributed by atoms with Gasteiger partial charge in [-0.3, -0.25) is 9.11 Å². The van der Waals surface area contributed by atoms with Crippen molar-refractivity contribution < 1.29 is 17.5 Å². The van der Waals surface area contributed by atoms with Gasteiger partial charge in [0.2, 0.25) is 0 Å². The summed E-state index contributed by atoms with van der Waals surface area (Å²) in [6.07, 6.45) is 4.46. The topological polar surface area (TPSA) is 93.6 Å². The summed E-state index contributed by atoms with van der Waals surface area (Å²) in [7, 11) is -0.290. The minimum Gasteiger partial charge on any atom is -0.361 e. The predicted molar refractivity (Wildman–Crippen MR) is 108 cm³/mol. The van der Waals surface area contributed by atoms with Crippen LogP contribution in [0.5, 0.6) is 0 Å². The molecule has 3 N–H and O–H groups in total. The molecule has 6 nitrogen and oxygen atoms in total. The zero-order valence-electron chi connectivity index (χ0n) is 15.6. The number of rotatable bonds is 2. The number of hydrogen-bond acceptors (Lipinski definition) is 3. The molecule has 2 aromatic carbocycles. The first kappa shape index (κ1) is 19.6. The van der Waals surface area contributed by atoms with Gasteiger partial charge in [-0.1, -0.05) is 35.9 Å². The molecule has 0 saturated heterocycles. The molecule has 144 valence electrons. The number of aromatic nitrogens is 1. The Balaban J connectivity index is 0.000000376. The van der Waals surface area contributed by atoms with Crippen molar-refractivity contribution in [1.82, 2.24) is 9.88 Å². The lowest BCUT2D eigenvalue weighted by molar-refractivity contribution is 0.288. The van der Waals surface area contributed by atoms with E-state index < -0.39 is 10.4 Å². The van der Waals surface area contributed by atoms with E-state index in [4.69, 9.17) is 17.5 Å². The molecule has 1 heterocycles. The Hall–Kier alpha value is -2.19. The smallest absolute Gasteiger partial charge is 0.361 e. The Bertz CT molecular complexity index is 1050. The molecule has 7 heteroatoms. The van der Waals surface area contributed by atoms with Gasteiger partial charge in [0.15, 0.2) is 0 Å². The Morgan fingerprint density at radius 1 is 1.04 bits per heavy atom. The van der Waals surface area contributed by atoms with Gasteiger partial charge in [-0.2, -0.15) is 8.42 Å². The highest BCUT2D eigenvalue weighted by atomic mass is 32.3. The van der Waals surface area contributed by atoms with Crippen molar-refractivity contribution in [2.75, 3.05) is 14.1 Å². The van der Waals surface area contributed by atoms with Crippen molar-refractivity contribution in [3.05, 3.63) is 59.3 Å². The van der Waals surface area contributed by atoms with Crippen molar-refractivity contribution in [2.45, 2.75) is 25.8 Å². The third-order valence-electron chi connectivity index (χ3n) is 5.02. The van der Waals surface area contributed by atoms with Crippen LogP contribution in [0.4, 0.5) is 0 Å². The second-order valence-electron chi connectivity index (χ2n) is 7.17. The van der Waals surface area contributed by atoms with Gasteiger partial charge < -0.3 is 9.88 Å². The largest absolute Gasteiger partial charge is 0.394 e. The average Bonchev–Trinajstić information content (AvgIpc) is 2.99. The normalized spacial score (nSPS) is 16.3. The molecule has 4 rings (SSSR count). The zero-order valence-corrected chi connectivity index (χ0v) is 16.4. The first-order valence-electron chi connectivity index (χ1n) is 8.68. The maximum atomic E-state index is 8.74. The van der Waals surface area contributed by atoms with Crippen LogP contribution < -0.4 is 0 Å². The van der Waals surface area contributed by atoms with E-state index in [-0.39, 0.29) is 0 Å². The standard InChI is InChI=1S/C20H22N2.H2O4S/c1-13-4-6-14(7-5-13)17-8-9-19-20-15(12-21-19)10-16(22(2)3)11-18(17)20;1-5(2,3)4/h4-9,12,16,21H,10-11H2,1-3H3;(H2,1,2,3,4). The van der Waals surface area contributed by atoms with Crippen LogP contribution in [0.2, 0.25) is 0 Å². The van der Waals surface area contributed by atoms with E-state index in [0.29, 0.717) is 6.04 Å². The van der Waals surface area contributed by atoms with Crippen LogP contribution in [-0.4, -0.2) is 47.5 Å². The summed E-state index contributed by atoms with van der Waals surface area (Å²) < 4.78 is 31.6. The van der Waals surface area contributed by atoms with Crippen molar-refractivity contribution in [2.24, 2.45) is 0 Å². The SMILES string of the molecule is Cc1ccc(-c2ccc3[nH]cc4c3c2CC(N(C)C)C4)cc1.O=S(=O)(O)O. The van der Waals surface area contributed by atoms with E-state index in [2.05, 4.69) is 73.5 Å². The number of hydrogen-bond donors (Lipinski definition) is 3. The number of likely N-dealkylation sites (N-methyl/N-ethyl adjacent to an activating group) is 1. The van der Waals surface area contributed by atoms with Crippen molar-refractivity contribution in [3.8, 4) is 11.1 Å². The highest BCUT2D eigenvalue weighted by Gasteiger charge is 2.25. The van der Waals surface area contributed by atoms with Gasteiger partial charge in [-0.25, -0.2) is 0 Å². The predicted octanol–water partition coefficient (Wildman–Crippen LogP) is 3.52. The van der Waals surface area contributed by atoms with Crippen LogP contribution in [0.25, 0.3) is 22.0 Å². The molecule has 1 unspecified atom stereocenters. The molecular formula is C20H24N2O4S. The highest BCUT2D eigenvalue weighted by molar-refractivity contribution is 7.79. The Morgan fingerprint density at radius 2 is 1.67 bits per heavy atom. The lowest BCUT2D eigenvalue weighted by Crippen LogP contribution is -2.34. The second-order valence-corrected chi connectivity index (χ2v) is 8.06. The fourth-order valence-corrected chi connectivity index (χ4v) is 3.68. The summed E-state index contributed by atoms with van der Waals surface area (Å²) in [6, 6.07) is 14.0. The molecule has 1 atom stereocenters. The molecule has 0 spiro atoms. The van der Waals surface area contributed by atoms with Crippen LogP contribution in [-0.2, 0) is 23.2 Å². The van der Waals surface area contributed by atoms with Crippen LogP contribution in [0.3, 0.4) is 0 Å². The molecule has 0 aliphatic heterocycles. The van der Waals surface area contributed by atoms with Gasteiger partial charge in [0, 0.05) is 23.1 Å². The molecule has 1 aliphatic rings. The maximum absolute atomic E-state index is 8.74. The van der Waals surface area contributed by atoms with Crippen LogP contribution in [0.1, 0.15) is 16.7 Å². The van der Waals surface area contributed by atoms with Gasteiger partial charge >= 0.3 is 10.4 Å². The summed E-state index contributed by atoms with van der Waals surface area (Å²) in [5.41, 5.74) is 8.27. The first-order valence-corrected chi connectivity index (χ1v) is 10.1. The van der Waals surface area contributed by atoms with E-state index in [1.54, 1.807) is 0 Å². The minimum absolute atomic E-state index is 0.582. The summed E-state index contributed by atoms with van der Waals surface area (Å²) in [5, 5.41) is 1.45. The molecule has 0 radical (unpaired) electrons. The van der Waals surface area contributed by atoms with Crippen LogP contribution in [0.15, 0.2) is 42.6 Å². The average molecular weight is 388 g/mol. The van der Waals surface area contributed by atoms with Gasteiger partial charge in [0.05, 0.1) is 0 Å². The van der Waals surface area contributed by atoms with E-state index in [0.717, 1.165) is 12.8 Å². The molecule has 27 heavy (non-hydrogen) atoms. The molecule has 0 bridgehead atoms. The fraction of sp³-hybridized carbons (Fsp3) is 0.300. The quantitative estimate of drug-likeness (QED) is 0.584. The molecule has 1 aliphatic carbocycles. The highest BCUT2D eigenvalue weighted by Crippen LogP contribution is 2.37. The second kappa shape index (κ2) is 7.44. The van der Waals surface area contributed by atoms with E-state index >= 15 is 0 Å². The zero-order chi connectivity index (χ0) is 19.8. The number of benzene rings is 2. The molecule has 1 aromatic heterocycles. The van der Waals surface area contributed by atoms with Crippen molar-refractivity contribution >= 4 is 21.3 Å². The van der Waals surface area contributed by atoms with Crippen molar-refractivity contribution in [3.63, 3.8) is 0 Å². The minimum atomic E-state index is -4.67. The van der Waals surface area contributed by atoms with Gasteiger partial charge in [0.25, 0.3) is 0 Å². The van der Waals surface area contributed by atoms with E-state index in [9.17, 15) is 0 Å². The van der Waals surface area contributed by atoms with Crippen LogP contribution >= 0.6 is 0 Å². The number of nitrogens with zero attached hydrogens (tertiary/aromatic N) is 1. The molecular weight excluding hydrogens is 364 g/mol. The van der Waals surface area contributed by atoms with E-state index in [1.165, 1.54) is 38.7 Å². The summed E-state index contributed by atoms with van der Waals surface area (Å²) in [5.74, 6) is 0. The third kappa shape index (κ3) is 4.56. The molecule has 3 aromatic rings. The number of aryl methyl sites for hydroxylation is 1. The Kier molecular flexibility index (Phi) is 5.39. The van der Waals surface area contributed by atoms with Crippen LogP contribution in [0, 0.1) is 6.92 Å². The number of nitrogens with one attached hydrogen (secondary N) is 1. The fourth-order valence-electron chi connectivity index (χ4n) is 3.68. The maximum Gasteiger partial charge on any atom is 0.394 e. The first-order chi connectivity index (χ1) is 12.6. The summed E-state index contributed by atoms with van der Waals surface area (Å²) in [6.45, 7) is 2.14. The lowest BCUT2D eigenvalue weighted by atomic mass is 9.84. The molecule has 0 saturated carbocycles. The number of H-pyrrole nitrogens is 1. The lowest BCUT2D eigenvalue weighted by Gasteiger charge is -2.29. The van der Waals surface area contributed by atoms with Crippen molar-refractivity contribution in [1.29, 1.82) is 0 Å². The molecule has 0 fully saturated rings. The van der Waals surface area contributed by atoms with Gasteiger partial charge in [0.1, 0.15) is 0 Å².